The molecule has 0 saturated carbocycles. The van der Waals surface area contributed by atoms with Crippen LogP contribution in [0.2, 0.25) is 0 Å². The standard InChI is InChI=1S/C15H21N3O2S3/c1-15(2,3)18-9(6-19)7-21-14-17-10(8-22-14)11-4-5-12(23-11)13(16)20/h4-5,8-9,18-19H,6-7H2,1-3H3,(H2,16,20). The van der Waals surface area contributed by atoms with Crippen LogP contribution in [0.25, 0.3) is 10.6 Å². The van der Waals surface area contributed by atoms with E-state index in [0.29, 0.717) is 4.88 Å². The smallest absolute Gasteiger partial charge is 0.258 e. The van der Waals surface area contributed by atoms with Crippen molar-refractivity contribution < 1.29 is 9.90 Å². The highest BCUT2D eigenvalue weighted by atomic mass is 32.2. The monoisotopic (exact) mass is 371 g/mol. The number of carbonyl (C=O) groups excluding carboxylic acids is 1. The molecule has 0 spiro atoms. The molecule has 2 aromatic rings. The van der Waals surface area contributed by atoms with Crippen molar-refractivity contribution in [2.75, 3.05) is 12.4 Å². The van der Waals surface area contributed by atoms with E-state index in [2.05, 4.69) is 31.1 Å². The average molecular weight is 372 g/mol. The minimum atomic E-state index is -0.412. The Morgan fingerprint density at radius 1 is 1.48 bits per heavy atom. The summed E-state index contributed by atoms with van der Waals surface area (Å²) in [5.74, 6) is 0.336. The van der Waals surface area contributed by atoms with Gasteiger partial charge in [-0.25, -0.2) is 4.98 Å². The van der Waals surface area contributed by atoms with E-state index >= 15 is 0 Å². The van der Waals surface area contributed by atoms with Crippen molar-refractivity contribution in [3.8, 4) is 10.6 Å². The van der Waals surface area contributed by atoms with E-state index in [1.807, 2.05) is 11.4 Å². The molecule has 2 aromatic heterocycles. The summed E-state index contributed by atoms with van der Waals surface area (Å²) in [6, 6.07) is 3.62. The molecule has 2 heterocycles. The molecule has 1 amide bonds. The summed E-state index contributed by atoms with van der Waals surface area (Å²) in [6.07, 6.45) is 0. The van der Waals surface area contributed by atoms with Crippen molar-refractivity contribution in [1.29, 1.82) is 0 Å². The lowest BCUT2D eigenvalue weighted by molar-refractivity contribution is 0.100. The molecule has 126 valence electrons. The van der Waals surface area contributed by atoms with Gasteiger partial charge in [-0.1, -0.05) is 11.8 Å². The van der Waals surface area contributed by atoms with Gasteiger partial charge in [0.15, 0.2) is 4.34 Å². The number of thiophene rings is 1. The summed E-state index contributed by atoms with van der Waals surface area (Å²) in [7, 11) is 0. The maximum absolute atomic E-state index is 11.2. The number of primary amides is 1. The number of hydrogen-bond acceptors (Lipinski definition) is 7. The fourth-order valence-electron chi connectivity index (χ4n) is 1.97. The van der Waals surface area contributed by atoms with E-state index in [1.54, 1.807) is 29.2 Å². The van der Waals surface area contributed by atoms with E-state index in [9.17, 15) is 9.90 Å². The fraction of sp³-hybridized carbons (Fsp3) is 0.467. The predicted octanol–water partition coefficient (Wildman–Crippen LogP) is 2.81. The molecule has 1 atom stereocenters. The zero-order chi connectivity index (χ0) is 17.0. The van der Waals surface area contributed by atoms with Gasteiger partial charge in [0.05, 0.1) is 22.1 Å². The number of rotatable bonds is 7. The first kappa shape index (κ1) is 18.4. The van der Waals surface area contributed by atoms with E-state index in [0.717, 1.165) is 20.7 Å². The first-order valence-corrected chi connectivity index (χ1v) is 9.83. The number of hydrogen-bond donors (Lipinski definition) is 3. The third kappa shape index (κ3) is 5.58. The fourth-order valence-corrected chi connectivity index (χ4v) is 4.72. The molecule has 4 N–H and O–H groups in total. The van der Waals surface area contributed by atoms with E-state index in [4.69, 9.17) is 5.73 Å². The van der Waals surface area contributed by atoms with Gasteiger partial charge in [-0.15, -0.1) is 22.7 Å². The van der Waals surface area contributed by atoms with E-state index < -0.39 is 5.91 Å². The number of aromatic nitrogens is 1. The lowest BCUT2D eigenvalue weighted by Gasteiger charge is -2.26. The van der Waals surface area contributed by atoms with Gasteiger partial charge in [-0.05, 0) is 32.9 Å². The van der Waals surface area contributed by atoms with Crippen LogP contribution in [0.4, 0.5) is 0 Å². The van der Waals surface area contributed by atoms with Crippen molar-refractivity contribution in [2.24, 2.45) is 5.73 Å². The molecule has 1 unspecified atom stereocenters. The van der Waals surface area contributed by atoms with Crippen molar-refractivity contribution >= 4 is 40.3 Å². The van der Waals surface area contributed by atoms with Gasteiger partial charge in [0.2, 0.25) is 0 Å². The molecule has 0 aliphatic carbocycles. The molecule has 0 aliphatic heterocycles. The van der Waals surface area contributed by atoms with Gasteiger partial charge in [-0.2, -0.15) is 0 Å². The van der Waals surface area contributed by atoms with E-state index in [-0.39, 0.29) is 18.2 Å². The Balaban J connectivity index is 1.97. The minimum Gasteiger partial charge on any atom is -0.395 e. The van der Waals surface area contributed by atoms with Crippen LogP contribution in [0.15, 0.2) is 21.9 Å². The summed E-state index contributed by atoms with van der Waals surface area (Å²) in [5, 5.41) is 14.8. The molecule has 23 heavy (non-hydrogen) atoms. The van der Waals surface area contributed by atoms with Crippen LogP contribution in [0.5, 0.6) is 0 Å². The number of amides is 1. The lowest BCUT2D eigenvalue weighted by Crippen LogP contribution is -2.46. The zero-order valence-electron chi connectivity index (χ0n) is 13.3. The normalized spacial score (nSPS) is 13.2. The van der Waals surface area contributed by atoms with Crippen LogP contribution in [0, 0.1) is 0 Å². The Kier molecular flexibility index (Phi) is 6.21. The van der Waals surface area contributed by atoms with Gasteiger partial charge in [-0.3, -0.25) is 4.79 Å². The van der Waals surface area contributed by atoms with Crippen LogP contribution in [0.3, 0.4) is 0 Å². The lowest BCUT2D eigenvalue weighted by atomic mass is 10.1. The molecule has 0 aliphatic rings. The molecule has 0 bridgehead atoms. The molecule has 0 fully saturated rings. The number of thiazole rings is 1. The highest BCUT2D eigenvalue weighted by molar-refractivity contribution is 8.01. The second-order valence-electron chi connectivity index (χ2n) is 6.11. The van der Waals surface area contributed by atoms with Gasteiger partial charge >= 0.3 is 0 Å². The Morgan fingerprint density at radius 2 is 2.22 bits per heavy atom. The second-order valence-corrected chi connectivity index (χ2v) is 9.32. The number of nitrogens with two attached hydrogens (primary N) is 1. The summed E-state index contributed by atoms with van der Waals surface area (Å²) < 4.78 is 0.947. The zero-order valence-corrected chi connectivity index (χ0v) is 15.8. The first-order chi connectivity index (χ1) is 10.8. The Hall–Kier alpha value is -0.930. The van der Waals surface area contributed by atoms with Crippen LogP contribution >= 0.6 is 34.4 Å². The van der Waals surface area contributed by atoms with Crippen molar-refractivity contribution in [1.82, 2.24) is 10.3 Å². The molecule has 0 aromatic carbocycles. The third-order valence-corrected chi connectivity index (χ3v) is 6.16. The van der Waals surface area contributed by atoms with Gasteiger partial charge in [0.25, 0.3) is 5.91 Å². The van der Waals surface area contributed by atoms with Gasteiger partial charge in [0.1, 0.15) is 0 Å². The van der Waals surface area contributed by atoms with Crippen LogP contribution < -0.4 is 11.1 Å². The van der Waals surface area contributed by atoms with Crippen LogP contribution in [0.1, 0.15) is 30.4 Å². The summed E-state index contributed by atoms with van der Waals surface area (Å²) in [4.78, 5) is 17.2. The molecule has 2 rings (SSSR count). The quantitative estimate of drug-likeness (QED) is 0.651. The summed E-state index contributed by atoms with van der Waals surface area (Å²) >= 11 is 4.54. The molecular weight excluding hydrogens is 350 g/mol. The van der Waals surface area contributed by atoms with Gasteiger partial charge < -0.3 is 16.2 Å². The number of thioether (sulfide) groups is 1. The SMILES string of the molecule is CC(C)(C)NC(CO)CSc1nc(-c2ccc(C(N)=O)s2)cs1. The Labute approximate surface area is 148 Å². The topological polar surface area (TPSA) is 88.2 Å². The highest BCUT2D eigenvalue weighted by Crippen LogP contribution is 2.32. The average Bonchev–Trinajstić information content (AvgIpc) is 3.10. The number of aliphatic hydroxyl groups excluding tert-OH is 1. The molecule has 8 heteroatoms. The van der Waals surface area contributed by atoms with E-state index in [1.165, 1.54) is 11.3 Å². The number of aliphatic hydroxyl groups is 1. The third-order valence-electron chi connectivity index (χ3n) is 2.85. The summed E-state index contributed by atoms with van der Waals surface area (Å²) in [6.45, 7) is 6.33. The summed E-state index contributed by atoms with van der Waals surface area (Å²) in [5.41, 5.74) is 6.10. The van der Waals surface area contributed by atoms with Crippen LogP contribution in [-0.2, 0) is 0 Å². The minimum absolute atomic E-state index is 0.0237. The highest BCUT2D eigenvalue weighted by Gasteiger charge is 2.17. The van der Waals surface area contributed by atoms with Gasteiger partial charge in [0, 0.05) is 22.7 Å². The maximum atomic E-state index is 11.2. The first-order valence-electron chi connectivity index (χ1n) is 7.15. The van der Waals surface area contributed by atoms with Crippen molar-refractivity contribution in [2.45, 2.75) is 36.7 Å². The van der Waals surface area contributed by atoms with Crippen molar-refractivity contribution in [3.05, 3.63) is 22.4 Å². The Bertz CT molecular complexity index is 661. The van der Waals surface area contributed by atoms with Crippen molar-refractivity contribution in [3.63, 3.8) is 0 Å². The number of nitrogens with zero attached hydrogens (tertiary/aromatic N) is 1. The molecule has 0 saturated heterocycles. The van der Waals surface area contributed by atoms with Crippen LogP contribution in [-0.4, -0.2) is 39.9 Å². The number of nitrogens with one attached hydrogen (secondary N) is 1. The molecule has 5 nitrogen and oxygen atoms in total. The Morgan fingerprint density at radius 3 is 2.78 bits per heavy atom. The maximum Gasteiger partial charge on any atom is 0.258 e. The largest absolute Gasteiger partial charge is 0.395 e. The number of carbonyl (C=O) groups is 1. The molecule has 0 radical (unpaired) electrons. The predicted molar refractivity (Wildman–Crippen MR) is 98.4 cm³/mol. The second kappa shape index (κ2) is 7.76. The molecular formula is C15H21N3O2S3.